The summed E-state index contributed by atoms with van der Waals surface area (Å²) in [6.07, 6.45) is 11.0. The molecule has 0 aromatic carbocycles. The van der Waals surface area contributed by atoms with Gasteiger partial charge in [-0.3, -0.25) is 29.5 Å². The minimum atomic E-state index is -0.315. The Morgan fingerprint density at radius 3 is 1.13 bits per heavy atom. The number of carbonyl (C=O) groups excluding carboxylic acids is 2. The molecule has 0 bridgehead atoms. The van der Waals surface area contributed by atoms with Crippen LogP contribution in [0, 0.1) is 0 Å². The van der Waals surface area contributed by atoms with Crippen molar-refractivity contribution in [1.82, 2.24) is 40.5 Å². The van der Waals surface area contributed by atoms with Crippen LogP contribution in [0.15, 0.2) is 110 Å². The topological polar surface area (TPSA) is 238 Å². The first-order chi connectivity index (χ1) is 31.7. The third-order valence-corrected chi connectivity index (χ3v) is 7.98. The van der Waals surface area contributed by atoms with Gasteiger partial charge in [0.05, 0.1) is 122 Å². The van der Waals surface area contributed by atoms with E-state index in [-0.39, 0.29) is 69.6 Å². The molecule has 2 amide bonds. The van der Waals surface area contributed by atoms with E-state index in [0.29, 0.717) is 119 Å². The molecule has 0 saturated heterocycles. The maximum absolute atomic E-state index is 11.7. The van der Waals surface area contributed by atoms with Crippen LogP contribution < -0.4 is 41.2 Å². The molecule has 19 nitrogen and oxygen atoms in total. The smallest absolute Gasteiger partial charge is 1.00 e. The van der Waals surface area contributed by atoms with Crippen molar-refractivity contribution in [3.8, 4) is 22.8 Å². The minimum Gasteiger partial charge on any atom is -1.00 e. The fourth-order valence-electron chi connectivity index (χ4n) is 4.92. The second-order valence-electron chi connectivity index (χ2n) is 13.0. The van der Waals surface area contributed by atoms with Crippen LogP contribution >= 0.6 is 0 Å². The van der Waals surface area contributed by atoms with Crippen LogP contribution in [0.2, 0.25) is 0 Å². The molecule has 5 heterocycles. The van der Waals surface area contributed by atoms with Gasteiger partial charge in [0.15, 0.2) is 0 Å². The van der Waals surface area contributed by atoms with E-state index in [1.54, 1.807) is 37.3 Å². The summed E-state index contributed by atoms with van der Waals surface area (Å²) >= 11 is 0. The van der Waals surface area contributed by atoms with Gasteiger partial charge in [0, 0.05) is 62.7 Å². The molecule has 0 unspecified atom stereocenters. The van der Waals surface area contributed by atoms with E-state index in [9.17, 15) is 9.59 Å². The molecular weight excluding hydrogens is 1090 g/mol. The van der Waals surface area contributed by atoms with E-state index in [2.05, 4.69) is 40.5 Å². The minimum absolute atomic E-state index is 0. The Morgan fingerprint density at radius 2 is 0.821 bits per heavy atom. The number of carbonyl (C=O) groups is 2. The van der Waals surface area contributed by atoms with Gasteiger partial charge >= 0.3 is 19.8 Å². The zero-order valence-corrected chi connectivity index (χ0v) is 41.6. The number of nitrogens with zero attached hydrogens (tertiary/aromatic N) is 5. The number of hydrogen-bond donors (Lipinski definition) is 4. The summed E-state index contributed by atoms with van der Waals surface area (Å²) in [6.45, 7) is 7.63. The summed E-state index contributed by atoms with van der Waals surface area (Å²) in [4.78, 5) is 47.0. The molecule has 67 heavy (non-hydrogen) atoms. The van der Waals surface area contributed by atoms with Gasteiger partial charge in [0.2, 0.25) is 11.8 Å². The number of nitrogens with one attached hydrogen (secondary N) is 3. The van der Waals surface area contributed by atoms with Crippen molar-refractivity contribution in [2.24, 2.45) is 5.73 Å². The molecule has 0 aliphatic carbocycles. The summed E-state index contributed by atoms with van der Waals surface area (Å²) in [5.41, 5.74) is 9.91. The number of nitrogens with two attached hydrogens (primary N) is 1. The Labute approximate surface area is 418 Å². The predicted octanol–water partition coefficient (Wildman–Crippen LogP) is -3.43. The maximum Gasteiger partial charge on any atom is 2.00 e. The largest absolute Gasteiger partial charge is 2.00 e. The molecule has 22 heteroatoms. The molecule has 0 radical (unpaired) electrons. The first-order valence-electron chi connectivity index (χ1n) is 21.1. The number of ether oxygens (including phenoxy) is 8. The number of H-pyrrole nitrogens is 1. The monoisotopic (exact) mass is 1150 g/mol. The molecule has 5 rings (SSSR count). The van der Waals surface area contributed by atoms with E-state index < -0.39 is 0 Å². The summed E-state index contributed by atoms with van der Waals surface area (Å²) in [6, 6.07) is 23.2. The van der Waals surface area contributed by atoms with E-state index >= 15 is 0 Å². The first-order valence-corrected chi connectivity index (χ1v) is 21.1. The number of hydrogen-bond acceptors (Lipinski definition) is 16. The van der Waals surface area contributed by atoms with E-state index in [1.165, 1.54) is 0 Å². The molecule has 0 fully saturated rings. The number of imidazole rings is 1. The number of aromatic nitrogens is 6. The van der Waals surface area contributed by atoms with Crippen LogP contribution in [0.5, 0.6) is 0 Å². The summed E-state index contributed by atoms with van der Waals surface area (Å²) in [5.74, 6) is -0.598. The second-order valence-corrected chi connectivity index (χ2v) is 13.0. The number of rotatable bonds is 32. The van der Waals surface area contributed by atoms with Crippen molar-refractivity contribution in [2.75, 3.05) is 125 Å². The predicted molar refractivity (Wildman–Crippen MR) is 239 cm³/mol. The molecule has 0 atom stereocenters. The van der Waals surface area contributed by atoms with Crippen molar-refractivity contribution < 1.29 is 92.1 Å². The van der Waals surface area contributed by atoms with Gasteiger partial charge in [0.1, 0.15) is 13.2 Å². The standard InChI is InChI=1S/C25H47N5O10.2C10H8N2.2ClH.Os/c26-2-5-33-7-9-35-11-13-37-15-17-39-18-16-38-14-12-36-10-8-34-6-4-29-25(32)21-40-20-24(31)28-3-1-23-19-27-22-30-23;2*1-3-7-11-9(5-1)10-6-2-4-8-12-10;;;/h19,22H,1-18,20-21,26H2,(H,27,30)(H,28,31)(H,29,32);2*1-8H;2*1H;/q;;;;;+2/p-2. The number of halogens is 2. The van der Waals surface area contributed by atoms with E-state index in [0.717, 1.165) is 28.5 Å². The van der Waals surface area contributed by atoms with Crippen LogP contribution in [0.4, 0.5) is 0 Å². The quantitative estimate of drug-likeness (QED) is 0.0307. The number of aromatic amines is 1. The molecule has 5 aromatic rings. The van der Waals surface area contributed by atoms with E-state index in [1.807, 2.05) is 72.8 Å². The molecule has 0 aliphatic heterocycles. The van der Waals surface area contributed by atoms with Crippen LogP contribution in [0.25, 0.3) is 22.8 Å². The number of pyridine rings is 4. The van der Waals surface area contributed by atoms with Gasteiger partial charge in [-0.2, -0.15) is 0 Å². The third-order valence-electron chi connectivity index (χ3n) is 7.98. The third kappa shape index (κ3) is 34.5. The van der Waals surface area contributed by atoms with Crippen LogP contribution in [-0.4, -0.2) is 167 Å². The Morgan fingerprint density at radius 1 is 0.478 bits per heavy atom. The fourth-order valence-corrected chi connectivity index (χ4v) is 4.92. The Kier molecular flexibility index (Phi) is 42.4. The Hall–Kier alpha value is -4.39. The zero-order valence-electron chi connectivity index (χ0n) is 37.5. The molecule has 5 aromatic heterocycles. The first kappa shape index (κ1) is 62.6. The maximum atomic E-state index is 11.7. The van der Waals surface area contributed by atoms with Crippen LogP contribution in [0.3, 0.4) is 0 Å². The van der Waals surface area contributed by atoms with Crippen molar-refractivity contribution in [3.05, 3.63) is 116 Å². The van der Waals surface area contributed by atoms with Gasteiger partial charge in [0.25, 0.3) is 0 Å². The van der Waals surface area contributed by atoms with Crippen LogP contribution in [-0.2, 0) is 73.7 Å². The molecular formula is C45H63Cl2N9O10Os. The van der Waals surface area contributed by atoms with Crippen molar-refractivity contribution in [1.29, 1.82) is 0 Å². The van der Waals surface area contributed by atoms with Gasteiger partial charge in [-0.05, 0) is 48.5 Å². The van der Waals surface area contributed by atoms with Crippen LogP contribution in [0.1, 0.15) is 5.69 Å². The molecule has 0 saturated carbocycles. The molecule has 5 N–H and O–H groups in total. The average Bonchev–Trinajstić information content (AvgIpc) is 3.87. The second kappa shape index (κ2) is 45.4. The summed E-state index contributed by atoms with van der Waals surface area (Å²) in [7, 11) is 0. The molecule has 0 spiro atoms. The SMILES string of the molecule is NCCOCCOCCOCCOCCOCCOCCOCCNC(=O)COCC(=O)NCCc1cnc[nH]1.[Cl-].[Cl-].[Os+2].c1ccc(-c2ccccn2)nc1.c1ccc(-c2ccccn2)nc1. The van der Waals surface area contributed by atoms with Crippen molar-refractivity contribution >= 4 is 11.8 Å². The molecule has 370 valence electrons. The number of amides is 2. The van der Waals surface area contributed by atoms with Gasteiger partial charge in [-0.15, -0.1) is 0 Å². The normalized spacial score (nSPS) is 10.1. The fraction of sp³-hybridized carbons (Fsp3) is 0.444. The van der Waals surface area contributed by atoms with E-state index in [4.69, 9.17) is 43.6 Å². The summed E-state index contributed by atoms with van der Waals surface area (Å²) < 4.78 is 42.7. The average molecular weight is 1150 g/mol. The van der Waals surface area contributed by atoms with Gasteiger partial charge in [-0.25, -0.2) is 4.98 Å². The van der Waals surface area contributed by atoms with Gasteiger partial charge in [-0.1, -0.05) is 24.3 Å². The van der Waals surface area contributed by atoms with Gasteiger partial charge < -0.3 is 84.1 Å². The Balaban J connectivity index is 0.00000129. The Bertz CT molecular complexity index is 1680. The summed E-state index contributed by atoms with van der Waals surface area (Å²) in [5, 5.41) is 5.36. The van der Waals surface area contributed by atoms with Crippen molar-refractivity contribution in [2.45, 2.75) is 6.42 Å². The zero-order chi connectivity index (χ0) is 45.2. The van der Waals surface area contributed by atoms with Crippen molar-refractivity contribution in [3.63, 3.8) is 0 Å². The molecule has 0 aliphatic rings.